The van der Waals surface area contributed by atoms with E-state index in [4.69, 9.17) is 16.4 Å². The first-order valence-corrected chi connectivity index (χ1v) is 10.7. The molecular weight excluding hydrogens is 480 g/mol. The van der Waals surface area contributed by atoms with Crippen molar-refractivity contribution in [2.45, 2.75) is 12.1 Å². The third-order valence-corrected chi connectivity index (χ3v) is 6.19. The molecule has 2 aliphatic rings. The summed E-state index contributed by atoms with van der Waals surface area (Å²) in [6.07, 6.45) is -1.20. The smallest absolute Gasteiger partial charge is 0.269 e. The van der Waals surface area contributed by atoms with Gasteiger partial charge in [-0.1, -0.05) is 23.7 Å². The molecule has 3 unspecified atom stereocenters. The zero-order valence-corrected chi connectivity index (χ0v) is 18.4. The van der Waals surface area contributed by atoms with Crippen molar-refractivity contribution in [3.8, 4) is 0 Å². The summed E-state index contributed by atoms with van der Waals surface area (Å²) in [5.41, 5.74) is 0.717. The van der Waals surface area contributed by atoms with E-state index < -0.39 is 39.7 Å². The maximum Gasteiger partial charge on any atom is 0.269 e. The molecule has 2 amide bonds. The Hall–Kier alpha value is -4.35. The molecule has 0 N–H and O–H groups in total. The lowest BCUT2D eigenvalue weighted by Gasteiger charge is -2.28. The van der Waals surface area contributed by atoms with Gasteiger partial charge in [0.25, 0.3) is 17.3 Å². The number of fused-ring (bicyclic) bond motifs is 1. The highest BCUT2D eigenvalue weighted by molar-refractivity contribution is 6.30. The Bertz CT molecular complexity index is 1360. The van der Waals surface area contributed by atoms with Crippen molar-refractivity contribution in [1.82, 2.24) is 0 Å². The lowest BCUT2D eigenvalue weighted by Crippen LogP contribution is -2.37. The average molecular weight is 495 g/mol. The van der Waals surface area contributed by atoms with Gasteiger partial charge in [-0.3, -0.25) is 34.7 Å². The van der Waals surface area contributed by atoms with Gasteiger partial charge in [-0.15, -0.1) is 0 Å². The predicted octanol–water partition coefficient (Wildman–Crippen LogP) is 4.21. The summed E-state index contributed by atoms with van der Waals surface area (Å²) in [5.74, 6) is -2.24. The standard InChI is InChI=1S/C23H15ClN4O7/c24-14-4-6-16(7-5-14)26-20(13-2-1-3-18(12-13)28(33)34)19-21(35-26)23(30)25(22(19)29)15-8-10-17(11-9-15)27(31)32/h1-12,19-21H. The first-order chi connectivity index (χ1) is 16.8. The van der Waals surface area contributed by atoms with Crippen molar-refractivity contribution in [3.05, 3.63) is 104 Å². The topological polar surface area (TPSA) is 136 Å². The van der Waals surface area contributed by atoms with Gasteiger partial charge in [-0.25, -0.2) is 9.96 Å². The van der Waals surface area contributed by atoms with Crippen molar-refractivity contribution in [3.63, 3.8) is 0 Å². The average Bonchev–Trinajstić information content (AvgIpc) is 3.35. The molecule has 176 valence electrons. The number of amides is 2. The molecule has 2 aliphatic heterocycles. The van der Waals surface area contributed by atoms with Crippen LogP contribution in [0.5, 0.6) is 0 Å². The van der Waals surface area contributed by atoms with E-state index >= 15 is 0 Å². The van der Waals surface area contributed by atoms with Gasteiger partial charge < -0.3 is 0 Å². The van der Waals surface area contributed by atoms with Crippen molar-refractivity contribution >= 4 is 46.2 Å². The fourth-order valence-corrected chi connectivity index (χ4v) is 4.49. The van der Waals surface area contributed by atoms with E-state index in [1.807, 2.05) is 0 Å². The second-order valence-electron chi connectivity index (χ2n) is 7.94. The third kappa shape index (κ3) is 3.76. The van der Waals surface area contributed by atoms with Gasteiger partial charge in [-0.2, -0.15) is 0 Å². The minimum Gasteiger partial charge on any atom is -0.273 e. The summed E-state index contributed by atoms with van der Waals surface area (Å²) in [6.45, 7) is 0. The first kappa shape index (κ1) is 22.4. The monoisotopic (exact) mass is 494 g/mol. The Kier molecular flexibility index (Phi) is 5.42. The minimum absolute atomic E-state index is 0.166. The van der Waals surface area contributed by atoms with E-state index in [9.17, 15) is 29.8 Å². The Morgan fingerprint density at radius 3 is 2.06 bits per heavy atom. The molecule has 0 aromatic heterocycles. The van der Waals surface area contributed by atoms with Crippen LogP contribution in [-0.2, 0) is 14.4 Å². The fourth-order valence-electron chi connectivity index (χ4n) is 4.37. The van der Waals surface area contributed by atoms with Crippen molar-refractivity contribution in [1.29, 1.82) is 0 Å². The largest absolute Gasteiger partial charge is 0.273 e. The third-order valence-electron chi connectivity index (χ3n) is 5.94. The van der Waals surface area contributed by atoms with Crippen LogP contribution < -0.4 is 9.96 Å². The zero-order valence-electron chi connectivity index (χ0n) is 17.7. The number of rotatable bonds is 5. The molecule has 0 spiro atoms. The maximum absolute atomic E-state index is 13.6. The van der Waals surface area contributed by atoms with E-state index in [1.165, 1.54) is 47.5 Å². The molecule has 5 rings (SSSR count). The van der Waals surface area contributed by atoms with E-state index in [-0.39, 0.29) is 17.1 Å². The number of hydrogen-bond donors (Lipinski definition) is 0. The van der Waals surface area contributed by atoms with Crippen LogP contribution in [0.3, 0.4) is 0 Å². The van der Waals surface area contributed by atoms with Gasteiger partial charge in [0, 0.05) is 29.3 Å². The quantitative estimate of drug-likeness (QED) is 0.292. The molecule has 0 bridgehead atoms. The first-order valence-electron chi connectivity index (χ1n) is 10.3. The molecule has 0 saturated carbocycles. The number of imide groups is 1. The lowest BCUT2D eigenvalue weighted by atomic mass is 9.90. The molecule has 3 atom stereocenters. The molecule has 2 heterocycles. The molecule has 0 radical (unpaired) electrons. The normalized spacial score (nSPS) is 21.3. The van der Waals surface area contributed by atoms with Crippen LogP contribution in [0.25, 0.3) is 0 Å². The van der Waals surface area contributed by atoms with Gasteiger partial charge >= 0.3 is 0 Å². The molecule has 2 fully saturated rings. The summed E-state index contributed by atoms with van der Waals surface area (Å²) in [4.78, 5) is 55.0. The number of hydroxylamine groups is 1. The molecule has 2 saturated heterocycles. The highest BCUT2D eigenvalue weighted by Crippen LogP contribution is 2.48. The van der Waals surface area contributed by atoms with Crippen LogP contribution in [0.15, 0.2) is 72.8 Å². The van der Waals surface area contributed by atoms with Gasteiger partial charge in [0.2, 0.25) is 5.91 Å². The highest BCUT2D eigenvalue weighted by Gasteiger charge is 2.60. The van der Waals surface area contributed by atoms with Crippen LogP contribution in [0.1, 0.15) is 11.6 Å². The predicted molar refractivity (Wildman–Crippen MR) is 124 cm³/mol. The SMILES string of the molecule is O=C1C2ON(c3ccc(Cl)cc3)C(c3cccc([N+](=O)[O-])c3)C2C(=O)N1c1ccc([N+](=O)[O-])cc1. The lowest BCUT2D eigenvalue weighted by molar-refractivity contribution is -0.385. The number of hydrogen-bond acceptors (Lipinski definition) is 8. The maximum atomic E-state index is 13.6. The van der Waals surface area contributed by atoms with Crippen molar-refractivity contribution in [2.24, 2.45) is 5.92 Å². The zero-order chi connectivity index (χ0) is 24.9. The number of anilines is 2. The molecule has 0 aliphatic carbocycles. The number of benzene rings is 3. The van der Waals surface area contributed by atoms with E-state index in [0.29, 0.717) is 16.3 Å². The second kappa shape index (κ2) is 8.46. The molecule has 12 heteroatoms. The minimum atomic E-state index is -1.20. The van der Waals surface area contributed by atoms with E-state index in [1.54, 1.807) is 30.3 Å². The van der Waals surface area contributed by atoms with Crippen LogP contribution in [-0.4, -0.2) is 27.8 Å². The van der Waals surface area contributed by atoms with Crippen LogP contribution >= 0.6 is 11.6 Å². The van der Waals surface area contributed by atoms with Gasteiger partial charge in [0.05, 0.1) is 27.3 Å². The van der Waals surface area contributed by atoms with Gasteiger partial charge in [0.15, 0.2) is 6.10 Å². The van der Waals surface area contributed by atoms with E-state index in [0.717, 1.165) is 4.90 Å². The molecule has 3 aromatic carbocycles. The summed E-state index contributed by atoms with van der Waals surface area (Å²) in [5, 5.41) is 24.2. The van der Waals surface area contributed by atoms with Crippen LogP contribution in [0.2, 0.25) is 5.02 Å². The van der Waals surface area contributed by atoms with Gasteiger partial charge in [0.1, 0.15) is 5.92 Å². The van der Waals surface area contributed by atoms with Crippen LogP contribution in [0, 0.1) is 26.1 Å². The number of nitro benzene ring substituents is 2. The molecular formula is C23H15ClN4O7. The Balaban J connectivity index is 1.57. The number of carbonyl (C=O) groups is 2. The number of nitro groups is 2. The molecule has 3 aromatic rings. The second-order valence-corrected chi connectivity index (χ2v) is 8.37. The highest BCUT2D eigenvalue weighted by atomic mass is 35.5. The number of nitrogens with zero attached hydrogens (tertiary/aromatic N) is 4. The number of non-ortho nitro benzene ring substituents is 2. The molecule has 35 heavy (non-hydrogen) atoms. The summed E-state index contributed by atoms with van der Waals surface area (Å²) in [6, 6.07) is 16.5. The number of halogens is 1. The van der Waals surface area contributed by atoms with Crippen LogP contribution in [0.4, 0.5) is 22.7 Å². The van der Waals surface area contributed by atoms with Crippen molar-refractivity contribution in [2.75, 3.05) is 9.96 Å². The summed E-state index contributed by atoms with van der Waals surface area (Å²) < 4.78 is 0. The number of carbonyl (C=O) groups excluding carboxylic acids is 2. The summed E-state index contributed by atoms with van der Waals surface area (Å²) >= 11 is 6.00. The van der Waals surface area contributed by atoms with E-state index in [2.05, 4.69) is 0 Å². The summed E-state index contributed by atoms with van der Waals surface area (Å²) in [7, 11) is 0. The molecule has 11 nitrogen and oxygen atoms in total. The van der Waals surface area contributed by atoms with Gasteiger partial charge in [-0.05, 0) is 42.0 Å². The Morgan fingerprint density at radius 2 is 1.43 bits per heavy atom. The fraction of sp³-hybridized carbons (Fsp3) is 0.130. The Labute approximate surface area is 202 Å². The Morgan fingerprint density at radius 1 is 0.800 bits per heavy atom. The van der Waals surface area contributed by atoms with Crippen molar-refractivity contribution < 1.29 is 24.3 Å².